The topological polar surface area (TPSA) is 58.6 Å². The molecule has 2 N–H and O–H groups in total. The molecule has 0 saturated carbocycles. The molecule has 2 rings (SSSR count). The molecule has 2 aromatic carbocycles. The summed E-state index contributed by atoms with van der Waals surface area (Å²) in [6, 6.07) is 8.35. The molecular formula is C17H16F3NO3. The lowest BCUT2D eigenvalue weighted by atomic mass is 9.95. The summed E-state index contributed by atoms with van der Waals surface area (Å²) < 4.78 is 45.0. The van der Waals surface area contributed by atoms with Gasteiger partial charge in [-0.3, -0.25) is 4.79 Å². The van der Waals surface area contributed by atoms with Gasteiger partial charge >= 0.3 is 0 Å². The normalized spacial score (nSPS) is 13.2. The molecule has 0 heterocycles. The molecule has 0 aliphatic carbocycles. The third-order valence-corrected chi connectivity index (χ3v) is 3.34. The molecular weight excluding hydrogens is 323 g/mol. The van der Waals surface area contributed by atoms with Crippen LogP contribution in [-0.4, -0.2) is 24.2 Å². The van der Waals surface area contributed by atoms with Crippen LogP contribution < -0.4 is 10.1 Å². The number of nitrogens with one attached hydrogen (secondary N) is 1. The fraction of sp³-hybridized carbons (Fsp3) is 0.235. The first kappa shape index (κ1) is 17.8. The summed E-state index contributed by atoms with van der Waals surface area (Å²) in [6.07, 6.45) is 0. The van der Waals surface area contributed by atoms with Gasteiger partial charge in [-0.1, -0.05) is 18.2 Å². The molecule has 0 radical (unpaired) electrons. The Kier molecular flexibility index (Phi) is 5.46. The number of benzene rings is 2. The number of aliphatic hydroxyl groups is 1. The second kappa shape index (κ2) is 7.35. The lowest BCUT2D eigenvalue weighted by Crippen LogP contribution is -2.41. The molecule has 1 amide bonds. The highest BCUT2D eigenvalue weighted by Crippen LogP contribution is 2.23. The SMILES string of the molecule is C[C@@](O)(CNC(=O)COc1ccccc1F)c1ccc(F)cc1F. The van der Waals surface area contributed by atoms with E-state index in [1.165, 1.54) is 25.1 Å². The fourth-order valence-corrected chi connectivity index (χ4v) is 2.05. The molecule has 0 saturated heterocycles. The Morgan fingerprint density at radius 2 is 1.88 bits per heavy atom. The van der Waals surface area contributed by atoms with Crippen molar-refractivity contribution in [1.82, 2.24) is 5.32 Å². The highest BCUT2D eigenvalue weighted by atomic mass is 19.1. The lowest BCUT2D eigenvalue weighted by molar-refractivity contribution is -0.124. The molecule has 0 aliphatic rings. The molecule has 0 aromatic heterocycles. The van der Waals surface area contributed by atoms with Gasteiger partial charge in [-0.25, -0.2) is 13.2 Å². The molecule has 24 heavy (non-hydrogen) atoms. The summed E-state index contributed by atoms with van der Waals surface area (Å²) in [6.45, 7) is 0.485. The molecule has 0 unspecified atom stereocenters. The van der Waals surface area contributed by atoms with Gasteiger partial charge in [0, 0.05) is 11.6 Å². The molecule has 7 heteroatoms. The summed E-state index contributed by atoms with van der Waals surface area (Å²) in [7, 11) is 0. The zero-order valence-electron chi connectivity index (χ0n) is 12.9. The van der Waals surface area contributed by atoms with Gasteiger partial charge in [-0.15, -0.1) is 0 Å². The lowest BCUT2D eigenvalue weighted by Gasteiger charge is -2.24. The van der Waals surface area contributed by atoms with Crippen LogP contribution in [0.4, 0.5) is 13.2 Å². The van der Waals surface area contributed by atoms with Crippen LogP contribution >= 0.6 is 0 Å². The van der Waals surface area contributed by atoms with E-state index in [2.05, 4.69) is 5.32 Å². The summed E-state index contributed by atoms with van der Waals surface area (Å²) in [5.74, 6) is -3.00. The molecule has 4 nitrogen and oxygen atoms in total. The molecule has 2 aromatic rings. The van der Waals surface area contributed by atoms with Crippen LogP contribution in [0.2, 0.25) is 0 Å². The molecule has 0 spiro atoms. The fourth-order valence-electron chi connectivity index (χ4n) is 2.05. The van der Waals surface area contributed by atoms with E-state index in [0.717, 1.165) is 12.1 Å². The smallest absolute Gasteiger partial charge is 0.258 e. The first-order chi connectivity index (χ1) is 11.3. The van der Waals surface area contributed by atoms with Crippen molar-refractivity contribution >= 4 is 5.91 Å². The Hall–Kier alpha value is -2.54. The van der Waals surface area contributed by atoms with Gasteiger partial charge in [0.25, 0.3) is 5.91 Å². The zero-order chi connectivity index (χ0) is 17.7. The van der Waals surface area contributed by atoms with Crippen LogP contribution in [0.15, 0.2) is 42.5 Å². The molecule has 0 fully saturated rings. The van der Waals surface area contributed by atoms with Crippen LogP contribution in [0.3, 0.4) is 0 Å². The number of amides is 1. The first-order valence-electron chi connectivity index (χ1n) is 7.11. The summed E-state index contributed by atoms with van der Waals surface area (Å²) >= 11 is 0. The van der Waals surface area contributed by atoms with Crippen LogP contribution in [0.1, 0.15) is 12.5 Å². The third kappa shape index (κ3) is 4.48. The van der Waals surface area contributed by atoms with Gasteiger partial charge in [0.2, 0.25) is 0 Å². The van der Waals surface area contributed by atoms with Crippen molar-refractivity contribution in [2.75, 3.05) is 13.2 Å². The Balaban J connectivity index is 1.91. The summed E-state index contributed by atoms with van der Waals surface area (Å²) in [4.78, 5) is 11.7. The number of hydrogen-bond acceptors (Lipinski definition) is 3. The van der Waals surface area contributed by atoms with Crippen LogP contribution in [-0.2, 0) is 10.4 Å². The Morgan fingerprint density at radius 1 is 1.17 bits per heavy atom. The van der Waals surface area contributed by atoms with Gasteiger partial charge in [0.15, 0.2) is 18.2 Å². The van der Waals surface area contributed by atoms with Crippen molar-refractivity contribution in [1.29, 1.82) is 0 Å². The summed E-state index contributed by atoms with van der Waals surface area (Å²) in [5.41, 5.74) is -1.90. The van der Waals surface area contributed by atoms with Crippen molar-refractivity contribution in [2.24, 2.45) is 0 Å². The molecule has 128 valence electrons. The maximum absolute atomic E-state index is 13.7. The van der Waals surface area contributed by atoms with Crippen molar-refractivity contribution in [2.45, 2.75) is 12.5 Å². The van der Waals surface area contributed by atoms with E-state index in [-0.39, 0.29) is 17.9 Å². The third-order valence-electron chi connectivity index (χ3n) is 3.34. The molecule has 1 atom stereocenters. The standard InChI is InChI=1S/C17H16F3NO3/c1-17(23,12-7-6-11(18)8-14(12)20)10-21-16(22)9-24-15-5-3-2-4-13(15)19/h2-8,23H,9-10H2,1H3,(H,21,22)/t17-/m1/s1. The van der Waals surface area contributed by atoms with E-state index in [1.54, 1.807) is 6.07 Å². The van der Waals surface area contributed by atoms with E-state index in [4.69, 9.17) is 4.74 Å². The van der Waals surface area contributed by atoms with E-state index in [0.29, 0.717) is 6.07 Å². The number of rotatable bonds is 6. The van der Waals surface area contributed by atoms with Crippen LogP contribution in [0.5, 0.6) is 5.75 Å². The number of halogens is 3. The minimum absolute atomic E-state index is 0.0796. The van der Waals surface area contributed by atoms with Crippen LogP contribution in [0, 0.1) is 17.5 Å². The monoisotopic (exact) mass is 339 g/mol. The van der Waals surface area contributed by atoms with Gasteiger partial charge in [0.05, 0.1) is 6.54 Å². The quantitative estimate of drug-likeness (QED) is 0.850. The number of carbonyl (C=O) groups is 1. The predicted octanol–water partition coefficient (Wildman–Crippen LogP) is 2.51. The second-order valence-corrected chi connectivity index (χ2v) is 5.39. The van der Waals surface area contributed by atoms with E-state index in [9.17, 15) is 23.1 Å². The van der Waals surface area contributed by atoms with Crippen molar-refractivity contribution in [3.63, 3.8) is 0 Å². The van der Waals surface area contributed by atoms with Gasteiger partial charge in [-0.2, -0.15) is 0 Å². The minimum Gasteiger partial charge on any atom is -0.481 e. The number of hydrogen-bond donors (Lipinski definition) is 2. The van der Waals surface area contributed by atoms with E-state index < -0.39 is 35.6 Å². The Bertz CT molecular complexity index is 735. The van der Waals surface area contributed by atoms with Gasteiger partial charge in [0.1, 0.15) is 17.2 Å². The van der Waals surface area contributed by atoms with Crippen molar-refractivity contribution < 1.29 is 27.8 Å². The molecule has 0 aliphatic heterocycles. The van der Waals surface area contributed by atoms with Crippen LogP contribution in [0.25, 0.3) is 0 Å². The van der Waals surface area contributed by atoms with E-state index >= 15 is 0 Å². The Labute approximate surface area is 136 Å². The largest absolute Gasteiger partial charge is 0.481 e. The highest BCUT2D eigenvalue weighted by molar-refractivity contribution is 5.77. The van der Waals surface area contributed by atoms with Crippen molar-refractivity contribution in [3.05, 3.63) is 65.5 Å². The van der Waals surface area contributed by atoms with Gasteiger partial charge < -0.3 is 15.2 Å². The average molecular weight is 339 g/mol. The maximum atomic E-state index is 13.7. The second-order valence-electron chi connectivity index (χ2n) is 5.39. The average Bonchev–Trinajstić information content (AvgIpc) is 2.52. The number of carbonyl (C=O) groups excluding carboxylic acids is 1. The summed E-state index contributed by atoms with van der Waals surface area (Å²) in [5, 5.41) is 12.6. The maximum Gasteiger partial charge on any atom is 0.258 e. The zero-order valence-corrected chi connectivity index (χ0v) is 12.9. The van der Waals surface area contributed by atoms with E-state index in [1.807, 2.05) is 0 Å². The van der Waals surface area contributed by atoms with Crippen molar-refractivity contribution in [3.8, 4) is 5.75 Å². The Morgan fingerprint density at radius 3 is 2.54 bits per heavy atom. The van der Waals surface area contributed by atoms with Gasteiger partial charge in [-0.05, 0) is 25.1 Å². The highest BCUT2D eigenvalue weighted by Gasteiger charge is 2.27. The minimum atomic E-state index is -1.74. The molecule has 0 bridgehead atoms. The first-order valence-corrected chi connectivity index (χ1v) is 7.11. The predicted molar refractivity (Wildman–Crippen MR) is 80.8 cm³/mol. The number of ether oxygens (including phenoxy) is 1. The number of para-hydroxylation sites is 1.